The summed E-state index contributed by atoms with van der Waals surface area (Å²) in [6.07, 6.45) is 8.07. The van der Waals surface area contributed by atoms with E-state index in [1.54, 1.807) is 6.20 Å². The van der Waals surface area contributed by atoms with Crippen LogP contribution in [0.15, 0.2) is 128 Å². The minimum Gasteiger partial charge on any atom is -0.361 e. The quantitative estimate of drug-likeness (QED) is 0.140. The van der Waals surface area contributed by atoms with E-state index in [1.165, 1.54) is 27.3 Å². The topological polar surface area (TPSA) is 104 Å². The van der Waals surface area contributed by atoms with Crippen molar-refractivity contribution in [3.05, 3.63) is 162 Å². The van der Waals surface area contributed by atoms with Crippen LogP contribution < -0.4 is 5.32 Å². The predicted molar refractivity (Wildman–Crippen MR) is 190 cm³/mol. The van der Waals surface area contributed by atoms with E-state index in [1.807, 2.05) is 42.6 Å². The highest BCUT2D eigenvalue weighted by atomic mass is 16.1. The third kappa shape index (κ3) is 5.96. The highest BCUT2D eigenvalue weighted by Crippen LogP contribution is 2.28. The Labute approximate surface area is 277 Å². The minimum atomic E-state index is -0.426. The Kier molecular flexibility index (Phi) is 7.96. The second kappa shape index (κ2) is 13.0. The molecule has 8 nitrogen and oxygen atoms in total. The summed E-state index contributed by atoms with van der Waals surface area (Å²) in [6.45, 7) is 0.577. The van der Waals surface area contributed by atoms with Gasteiger partial charge in [-0.2, -0.15) is 0 Å². The summed E-state index contributed by atoms with van der Waals surface area (Å²) in [6, 6.07) is 36.7. The van der Waals surface area contributed by atoms with Gasteiger partial charge in [-0.05, 0) is 58.1 Å². The van der Waals surface area contributed by atoms with Gasteiger partial charge in [0, 0.05) is 58.9 Å². The van der Waals surface area contributed by atoms with Gasteiger partial charge in [0.15, 0.2) is 5.82 Å². The predicted octanol–water partition coefficient (Wildman–Crippen LogP) is 7.27. The summed E-state index contributed by atoms with van der Waals surface area (Å²) in [5.41, 5.74) is 6.42. The normalized spacial score (nSPS) is 12.2. The van der Waals surface area contributed by atoms with Gasteiger partial charge in [-0.15, -0.1) is 10.2 Å². The first-order valence-corrected chi connectivity index (χ1v) is 16.4. The van der Waals surface area contributed by atoms with Crippen LogP contribution in [0.4, 0.5) is 0 Å². The number of H-pyrrole nitrogens is 2. The number of para-hydroxylation sites is 2. The number of benzene rings is 4. The van der Waals surface area contributed by atoms with Crippen molar-refractivity contribution in [3.8, 4) is 0 Å². The van der Waals surface area contributed by atoms with Crippen LogP contribution in [0.3, 0.4) is 0 Å². The summed E-state index contributed by atoms with van der Waals surface area (Å²) in [5.74, 6) is 1.50. The molecule has 0 aliphatic rings. The summed E-state index contributed by atoms with van der Waals surface area (Å²) in [5, 5.41) is 17.7. The summed E-state index contributed by atoms with van der Waals surface area (Å²) in [7, 11) is 0. The Morgan fingerprint density at radius 3 is 2.17 bits per heavy atom. The van der Waals surface area contributed by atoms with Crippen molar-refractivity contribution in [1.29, 1.82) is 0 Å². The van der Waals surface area contributed by atoms with Crippen molar-refractivity contribution in [2.24, 2.45) is 0 Å². The van der Waals surface area contributed by atoms with Crippen molar-refractivity contribution < 1.29 is 4.79 Å². The number of hydrogen-bond donors (Lipinski definition) is 3. The third-order valence-electron chi connectivity index (χ3n) is 9.17. The largest absolute Gasteiger partial charge is 0.361 e. The fourth-order valence-electron chi connectivity index (χ4n) is 6.79. The molecular formula is C40H35N7O. The first-order valence-electron chi connectivity index (χ1n) is 16.4. The van der Waals surface area contributed by atoms with E-state index < -0.39 is 6.04 Å². The summed E-state index contributed by atoms with van der Waals surface area (Å²) < 4.78 is 2.22. The van der Waals surface area contributed by atoms with E-state index in [9.17, 15) is 4.79 Å². The number of aryl methyl sites for hydroxylation is 2. The van der Waals surface area contributed by atoms with Crippen molar-refractivity contribution >= 4 is 38.5 Å². The van der Waals surface area contributed by atoms with Crippen molar-refractivity contribution in [2.45, 2.75) is 38.3 Å². The lowest BCUT2D eigenvalue weighted by Crippen LogP contribution is -2.33. The van der Waals surface area contributed by atoms with Gasteiger partial charge in [0.05, 0.1) is 19.0 Å². The van der Waals surface area contributed by atoms with Gasteiger partial charge in [0.25, 0.3) is 0 Å². The van der Waals surface area contributed by atoms with Crippen LogP contribution in [0.2, 0.25) is 0 Å². The molecule has 48 heavy (non-hydrogen) atoms. The smallest absolute Gasteiger partial charge is 0.226 e. The Morgan fingerprint density at radius 2 is 1.38 bits per heavy atom. The van der Waals surface area contributed by atoms with Gasteiger partial charge in [0.1, 0.15) is 5.82 Å². The number of hydrogen-bond acceptors (Lipinski definition) is 4. The molecule has 4 heterocycles. The van der Waals surface area contributed by atoms with Crippen LogP contribution in [0.1, 0.15) is 40.1 Å². The van der Waals surface area contributed by atoms with Crippen molar-refractivity contribution in [1.82, 2.24) is 35.0 Å². The van der Waals surface area contributed by atoms with Crippen LogP contribution in [0.5, 0.6) is 0 Å². The molecule has 8 rings (SSSR count). The minimum absolute atomic E-state index is 0.112. The number of carbonyl (C=O) groups excluding carboxylic acids is 1. The Morgan fingerprint density at radius 1 is 0.688 bits per heavy atom. The standard InChI is InChI=1S/C40H35N7O/c48-39(23-31-13-7-8-21-41-31)44-37(22-30-25-43-36-18-6-4-16-34(30)36)40-46-45-38(20-19-28-24-42-35-17-5-3-15-33(28)35)47(40)26-29-12-9-11-27-10-1-2-14-32(27)29/h1-18,21,24-25,37,42-43H,19-20,22-23,26H2,(H,44,48)/t37-/m1/s1. The van der Waals surface area contributed by atoms with E-state index in [0.29, 0.717) is 19.4 Å². The number of nitrogens with one attached hydrogen (secondary N) is 3. The van der Waals surface area contributed by atoms with E-state index in [4.69, 9.17) is 10.2 Å². The molecule has 0 saturated heterocycles. The maximum Gasteiger partial charge on any atom is 0.226 e. The lowest BCUT2D eigenvalue weighted by molar-refractivity contribution is -0.121. The van der Waals surface area contributed by atoms with Crippen molar-refractivity contribution in [2.75, 3.05) is 0 Å². The highest BCUT2D eigenvalue weighted by Gasteiger charge is 2.26. The van der Waals surface area contributed by atoms with E-state index in [0.717, 1.165) is 45.7 Å². The molecule has 0 aliphatic carbocycles. The molecule has 0 radical (unpaired) electrons. The first kappa shape index (κ1) is 29.4. The van der Waals surface area contributed by atoms with Crippen LogP contribution in [0.25, 0.3) is 32.6 Å². The molecule has 1 atom stereocenters. The van der Waals surface area contributed by atoms with Gasteiger partial charge in [-0.1, -0.05) is 84.9 Å². The lowest BCUT2D eigenvalue weighted by atomic mass is 10.0. The third-order valence-corrected chi connectivity index (χ3v) is 9.17. The second-order valence-electron chi connectivity index (χ2n) is 12.2. The average molecular weight is 630 g/mol. The zero-order chi connectivity index (χ0) is 32.3. The molecule has 4 aromatic heterocycles. The first-order chi connectivity index (χ1) is 23.7. The highest BCUT2D eigenvalue weighted by molar-refractivity contribution is 5.86. The Bertz CT molecular complexity index is 2350. The number of aromatic amines is 2. The molecule has 0 spiro atoms. The van der Waals surface area contributed by atoms with Crippen LogP contribution >= 0.6 is 0 Å². The molecule has 236 valence electrons. The molecule has 0 unspecified atom stereocenters. The molecule has 0 saturated carbocycles. The maximum absolute atomic E-state index is 13.6. The molecular weight excluding hydrogens is 594 g/mol. The number of amides is 1. The zero-order valence-electron chi connectivity index (χ0n) is 26.4. The monoisotopic (exact) mass is 629 g/mol. The van der Waals surface area contributed by atoms with Crippen LogP contribution in [-0.4, -0.2) is 35.6 Å². The lowest BCUT2D eigenvalue weighted by Gasteiger charge is -2.21. The summed E-state index contributed by atoms with van der Waals surface area (Å²) in [4.78, 5) is 24.8. The fraction of sp³-hybridized carbons (Fsp3) is 0.150. The van der Waals surface area contributed by atoms with Crippen molar-refractivity contribution in [3.63, 3.8) is 0 Å². The number of pyridine rings is 1. The Balaban J connectivity index is 1.19. The van der Waals surface area contributed by atoms with Gasteiger partial charge in [-0.25, -0.2) is 0 Å². The van der Waals surface area contributed by atoms with Gasteiger partial charge in [0.2, 0.25) is 5.91 Å². The SMILES string of the molecule is O=C(Cc1ccccn1)N[C@H](Cc1c[nH]c2ccccc12)c1nnc(CCc2c[nH]c3ccccc23)n1Cc1cccc2ccccc12. The van der Waals surface area contributed by atoms with Gasteiger partial charge < -0.3 is 19.9 Å². The molecule has 0 bridgehead atoms. The number of carbonyl (C=O) groups is 1. The average Bonchev–Trinajstić information content (AvgIpc) is 3.85. The molecule has 0 fully saturated rings. The van der Waals surface area contributed by atoms with Gasteiger partial charge >= 0.3 is 0 Å². The van der Waals surface area contributed by atoms with Gasteiger partial charge in [-0.3, -0.25) is 9.78 Å². The number of fused-ring (bicyclic) bond motifs is 3. The van der Waals surface area contributed by atoms with E-state index >= 15 is 0 Å². The zero-order valence-corrected chi connectivity index (χ0v) is 26.4. The second-order valence-corrected chi connectivity index (χ2v) is 12.2. The molecule has 3 N–H and O–H groups in total. The number of aromatic nitrogens is 6. The van der Waals surface area contributed by atoms with Crippen LogP contribution in [-0.2, 0) is 37.0 Å². The fourth-order valence-corrected chi connectivity index (χ4v) is 6.79. The van der Waals surface area contributed by atoms with E-state index in [2.05, 4.69) is 104 Å². The van der Waals surface area contributed by atoms with E-state index in [-0.39, 0.29) is 12.3 Å². The Hall–Kier alpha value is -6.02. The molecule has 0 aliphatic heterocycles. The molecule has 1 amide bonds. The number of rotatable bonds is 11. The molecule has 8 heteroatoms. The summed E-state index contributed by atoms with van der Waals surface area (Å²) >= 11 is 0. The molecule has 4 aromatic carbocycles. The molecule has 8 aromatic rings. The number of nitrogens with zero attached hydrogens (tertiary/aromatic N) is 4. The maximum atomic E-state index is 13.6. The van der Waals surface area contributed by atoms with Crippen LogP contribution in [0, 0.1) is 0 Å².